The fraction of sp³-hybridized carbons (Fsp3) is 0.385. The second kappa shape index (κ2) is 10.0. The highest BCUT2D eigenvalue weighted by Crippen LogP contribution is 2.00. The van der Waals surface area contributed by atoms with Crippen molar-refractivity contribution in [1.82, 2.24) is 0 Å². The number of hydrogen-bond donors (Lipinski definition) is 0. The summed E-state index contributed by atoms with van der Waals surface area (Å²) in [6, 6.07) is 10.3. The number of hydrogen-bond acceptors (Lipinski definition) is 1. The van der Waals surface area contributed by atoms with Gasteiger partial charge >= 0.3 is 0 Å². The average Bonchev–Trinajstić information content (AvgIpc) is 2.29. The Hall–Kier alpha value is -1.08. The molecule has 14 heavy (non-hydrogen) atoms. The van der Waals surface area contributed by atoms with Crippen LogP contribution in [0.4, 0.5) is 0 Å². The van der Waals surface area contributed by atoms with Crippen LogP contribution in [0.25, 0.3) is 0 Å². The van der Waals surface area contributed by atoms with Crippen molar-refractivity contribution in [3.05, 3.63) is 49.1 Å². The van der Waals surface area contributed by atoms with Gasteiger partial charge in [0, 0.05) is 6.61 Å². The molecule has 1 heteroatoms. The molecule has 1 nitrogen and oxygen atoms in total. The zero-order valence-corrected chi connectivity index (χ0v) is 9.04. The molecule has 0 bridgehead atoms. The Bertz CT molecular complexity index is 206. The Kier molecular flexibility index (Phi) is 9.23. The zero-order chi connectivity index (χ0) is 10.6. The smallest absolute Gasteiger partial charge is 0.0716 e. The molecule has 1 aromatic rings. The van der Waals surface area contributed by atoms with Crippen molar-refractivity contribution in [1.29, 1.82) is 0 Å². The van der Waals surface area contributed by atoms with E-state index in [0.29, 0.717) is 0 Å². The molecule has 0 atom stereocenters. The van der Waals surface area contributed by atoms with Crippen LogP contribution in [0, 0.1) is 0 Å². The molecule has 0 saturated carbocycles. The summed E-state index contributed by atoms with van der Waals surface area (Å²) in [5.41, 5.74) is 1.26. The van der Waals surface area contributed by atoms with E-state index in [4.69, 9.17) is 4.74 Å². The number of ether oxygens (including phenoxy) is 1. The molecular formula is C13H20O. The summed E-state index contributed by atoms with van der Waals surface area (Å²) < 4.78 is 5.46. The molecule has 0 fully saturated rings. The van der Waals surface area contributed by atoms with Crippen LogP contribution < -0.4 is 0 Å². The second-order valence-corrected chi connectivity index (χ2v) is 2.89. The number of benzene rings is 1. The van der Waals surface area contributed by atoms with Crippen molar-refractivity contribution >= 4 is 0 Å². The normalized spacial score (nSPS) is 8.93. The van der Waals surface area contributed by atoms with Gasteiger partial charge in [-0.2, -0.15) is 0 Å². The molecule has 1 aromatic carbocycles. The van der Waals surface area contributed by atoms with E-state index in [1.165, 1.54) is 12.0 Å². The van der Waals surface area contributed by atoms with Crippen molar-refractivity contribution in [2.45, 2.75) is 26.4 Å². The summed E-state index contributed by atoms with van der Waals surface area (Å²) in [6.07, 6.45) is 2.36. The predicted molar refractivity (Wildman–Crippen MR) is 62.3 cm³/mol. The van der Waals surface area contributed by atoms with Gasteiger partial charge in [0.15, 0.2) is 0 Å². The molecule has 0 radical (unpaired) electrons. The summed E-state index contributed by atoms with van der Waals surface area (Å²) in [4.78, 5) is 0. The minimum absolute atomic E-state index is 0.751. The first-order valence-electron chi connectivity index (χ1n) is 5.05. The van der Waals surface area contributed by atoms with Gasteiger partial charge in [0.25, 0.3) is 0 Å². The molecule has 0 spiro atoms. The van der Waals surface area contributed by atoms with Crippen molar-refractivity contribution < 1.29 is 4.74 Å². The molecule has 0 aliphatic carbocycles. The Balaban J connectivity index is 0.000000791. The van der Waals surface area contributed by atoms with Crippen LogP contribution >= 0.6 is 0 Å². The first-order valence-corrected chi connectivity index (χ1v) is 5.05. The highest BCUT2D eigenvalue weighted by Gasteiger charge is 1.89. The molecule has 0 heterocycles. The first-order chi connectivity index (χ1) is 6.93. The lowest BCUT2D eigenvalue weighted by Gasteiger charge is -2.02. The van der Waals surface area contributed by atoms with Crippen LogP contribution in [-0.2, 0) is 11.3 Å². The minimum atomic E-state index is 0.751. The quantitative estimate of drug-likeness (QED) is 0.509. The van der Waals surface area contributed by atoms with Crippen molar-refractivity contribution in [3.8, 4) is 0 Å². The summed E-state index contributed by atoms with van der Waals surface area (Å²) in [6.45, 7) is 9.80. The van der Waals surface area contributed by atoms with Crippen LogP contribution in [0.5, 0.6) is 0 Å². The van der Waals surface area contributed by atoms with E-state index >= 15 is 0 Å². The largest absolute Gasteiger partial charge is 0.377 e. The standard InChI is InChI=1S/C11H16O.C2H4/c1-2-3-9-12-10-11-7-5-4-6-8-11;1-2/h4-8H,2-3,9-10H2,1H3;1-2H2. The van der Waals surface area contributed by atoms with Gasteiger partial charge in [0.05, 0.1) is 6.61 Å². The molecule has 0 amide bonds. The van der Waals surface area contributed by atoms with Gasteiger partial charge < -0.3 is 4.74 Å². The molecule has 78 valence electrons. The molecule has 0 aliphatic heterocycles. The number of unbranched alkanes of at least 4 members (excludes halogenated alkanes) is 1. The van der Waals surface area contributed by atoms with Gasteiger partial charge in [-0.15, -0.1) is 13.2 Å². The third-order valence-electron chi connectivity index (χ3n) is 1.75. The molecule has 0 N–H and O–H groups in total. The van der Waals surface area contributed by atoms with Crippen LogP contribution in [0.2, 0.25) is 0 Å². The lowest BCUT2D eigenvalue weighted by molar-refractivity contribution is 0.118. The van der Waals surface area contributed by atoms with Gasteiger partial charge in [-0.05, 0) is 12.0 Å². The van der Waals surface area contributed by atoms with Crippen molar-refractivity contribution in [2.75, 3.05) is 6.61 Å². The third kappa shape index (κ3) is 6.44. The van der Waals surface area contributed by atoms with Crippen LogP contribution in [-0.4, -0.2) is 6.61 Å². The minimum Gasteiger partial charge on any atom is -0.377 e. The fourth-order valence-electron chi connectivity index (χ4n) is 1.01. The Morgan fingerprint density at radius 2 is 1.79 bits per heavy atom. The Labute approximate surface area is 87.4 Å². The molecule has 0 aliphatic rings. The number of rotatable bonds is 5. The predicted octanol–water partition coefficient (Wildman–Crippen LogP) is 3.81. The van der Waals surface area contributed by atoms with E-state index < -0.39 is 0 Å². The summed E-state index contributed by atoms with van der Waals surface area (Å²) in [5.74, 6) is 0. The van der Waals surface area contributed by atoms with Crippen LogP contribution in [0.15, 0.2) is 43.5 Å². The summed E-state index contributed by atoms with van der Waals surface area (Å²) in [5, 5.41) is 0. The molecule has 0 aromatic heterocycles. The lowest BCUT2D eigenvalue weighted by atomic mass is 10.2. The maximum absolute atomic E-state index is 5.46. The van der Waals surface area contributed by atoms with E-state index in [9.17, 15) is 0 Å². The summed E-state index contributed by atoms with van der Waals surface area (Å²) in [7, 11) is 0. The average molecular weight is 192 g/mol. The fourth-order valence-corrected chi connectivity index (χ4v) is 1.01. The van der Waals surface area contributed by atoms with Crippen LogP contribution in [0.3, 0.4) is 0 Å². The van der Waals surface area contributed by atoms with Crippen LogP contribution in [0.1, 0.15) is 25.3 Å². The van der Waals surface area contributed by atoms with E-state index in [-0.39, 0.29) is 0 Å². The Morgan fingerprint density at radius 3 is 2.36 bits per heavy atom. The maximum atomic E-state index is 5.46. The summed E-state index contributed by atoms with van der Waals surface area (Å²) >= 11 is 0. The molecule has 1 rings (SSSR count). The Morgan fingerprint density at radius 1 is 1.14 bits per heavy atom. The third-order valence-corrected chi connectivity index (χ3v) is 1.75. The van der Waals surface area contributed by atoms with Gasteiger partial charge in [-0.1, -0.05) is 43.7 Å². The van der Waals surface area contributed by atoms with Gasteiger partial charge in [-0.3, -0.25) is 0 Å². The molecule has 0 unspecified atom stereocenters. The van der Waals surface area contributed by atoms with Gasteiger partial charge in [0.2, 0.25) is 0 Å². The molecule has 0 saturated heterocycles. The highest BCUT2D eigenvalue weighted by molar-refractivity contribution is 5.13. The monoisotopic (exact) mass is 192 g/mol. The van der Waals surface area contributed by atoms with E-state index in [1.54, 1.807) is 0 Å². The van der Waals surface area contributed by atoms with Gasteiger partial charge in [-0.25, -0.2) is 0 Å². The van der Waals surface area contributed by atoms with E-state index in [1.807, 2.05) is 18.2 Å². The van der Waals surface area contributed by atoms with Gasteiger partial charge in [0.1, 0.15) is 0 Å². The highest BCUT2D eigenvalue weighted by atomic mass is 16.5. The van der Waals surface area contributed by atoms with E-state index in [2.05, 4.69) is 32.2 Å². The second-order valence-electron chi connectivity index (χ2n) is 2.89. The molecular weight excluding hydrogens is 172 g/mol. The maximum Gasteiger partial charge on any atom is 0.0716 e. The first kappa shape index (κ1) is 12.9. The van der Waals surface area contributed by atoms with Crippen molar-refractivity contribution in [3.63, 3.8) is 0 Å². The van der Waals surface area contributed by atoms with Crippen molar-refractivity contribution in [2.24, 2.45) is 0 Å². The SMILES string of the molecule is C=C.CCCCOCc1ccccc1. The zero-order valence-electron chi connectivity index (χ0n) is 9.04. The topological polar surface area (TPSA) is 9.23 Å². The lowest BCUT2D eigenvalue weighted by Crippen LogP contribution is -1.94. The van der Waals surface area contributed by atoms with E-state index in [0.717, 1.165) is 19.6 Å².